The van der Waals surface area contributed by atoms with Gasteiger partial charge in [0.25, 0.3) is 10.1 Å². The lowest BCUT2D eigenvalue weighted by Crippen LogP contribution is -2.37. The average Bonchev–Trinajstić information content (AvgIpc) is 2.70. The molecule has 5 nitrogen and oxygen atoms in total. The van der Waals surface area contributed by atoms with Crippen molar-refractivity contribution < 1.29 is 22.1 Å². The van der Waals surface area contributed by atoms with Crippen LogP contribution in [0.5, 0.6) is 0 Å². The minimum atomic E-state index is -3.85. The number of Topliss-reactive ketones (excluding diaryl/α,β-unsaturated/α-hetero) is 1. The van der Waals surface area contributed by atoms with Gasteiger partial charge in [-0.3, -0.25) is 8.98 Å². The number of ether oxygens (including phenoxy) is 1. The predicted molar refractivity (Wildman–Crippen MR) is 106 cm³/mol. The van der Waals surface area contributed by atoms with Crippen LogP contribution in [-0.4, -0.2) is 27.4 Å². The molecule has 0 amide bonds. The summed E-state index contributed by atoms with van der Waals surface area (Å²) in [5, 5.41) is 0. The number of rotatable bonds is 8. The van der Waals surface area contributed by atoms with Crippen molar-refractivity contribution in [3.8, 4) is 0 Å². The maximum absolute atomic E-state index is 12.6. The minimum Gasteiger partial charge on any atom is -0.376 e. The van der Waals surface area contributed by atoms with Crippen molar-refractivity contribution >= 4 is 15.9 Å². The molecule has 0 N–H and O–H groups in total. The molecule has 2 aromatic carbocycles. The van der Waals surface area contributed by atoms with Gasteiger partial charge in [-0.15, -0.1) is 0 Å². The predicted octanol–water partition coefficient (Wildman–Crippen LogP) is 4.05. The Hall–Kier alpha value is -2.02. The number of hydrogen-bond donors (Lipinski definition) is 0. The van der Waals surface area contributed by atoms with Gasteiger partial charge in [-0.25, -0.2) is 0 Å². The highest BCUT2D eigenvalue weighted by molar-refractivity contribution is 7.86. The first-order chi connectivity index (χ1) is 13.4. The summed E-state index contributed by atoms with van der Waals surface area (Å²) in [4.78, 5) is 11.8. The van der Waals surface area contributed by atoms with E-state index >= 15 is 0 Å². The number of aryl methyl sites for hydroxylation is 1. The Kier molecular flexibility index (Phi) is 6.65. The summed E-state index contributed by atoms with van der Waals surface area (Å²) in [6.07, 6.45) is 2.01. The Morgan fingerprint density at radius 3 is 2.21 bits per heavy atom. The van der Waals surface area contributed by atoms with E-state index in [4.69, 9.17) is 8.92 Å². The van der Waals surface area contributed by atoms with E-state index in [0.717, 1.165) is 11.1 Å². The van der Waals surface area contributed by atoms with Gasteiger partial charge < -0.3 is 4.74 Å². The van der Waals surface area contributed by atoms with Crippen LogP contribution in [0.4, 0.5) is 0 Å². The summed E-state index contributed by atoms with van der Waals surface area (Å²) >= 11 is 0. The van der Waals surface area contributed by atoms with Gasteiger partial charge in [0.1, 0.15) is 5.78 Å². The van der Waals surface area contributed by atoms with Crippen molar-refractivity contribution in [2.75, 3.05) is 13.2 Å². The first-order valence-electron chi connectivity index (χ1n) is 9.48. The fourth-order valence-corrected chi connectivity index (χ4v) is 4.34. The largest absolute Gasteiger partial charge is 0.376 e. The number of hydrogen-bond acceptors (Lipinski definition) is 5. The van der Waals surface area contributed by atoms with Crippen LogP contribution in [0.3, 0.4) is 0 Å². The monoisotopic (exact) mass is 402 g/mol. The molecule has 3 rings (SSSR count). The zero-order valence-electron chi connectivity index (χ0n) is 16.1. The van der Waals surface area contributed by atoms with E-state index in [1.807, 2.05) is 37.3 Å². The number of benzene rings is 2. The molecule has 6 heteroatoms. The molecule has 0 saturated heterocycles. The Bertz CT molecular complexity index is 878. The maximum atomic E-state index is 12.6. The lowest BCUT2D eigenvalue weighted by molar-refractivity contribution is -0.124. The SMILES string of the molecule is Cc1ccc(S(=O)(=O)OCC2(COCc3ccccc3)CCC(=O)CC2)cc1. The van der Waals surface area contributed by atoms with Gasteiger partial charge in [0.2, 0.25) is 0 Å². The van der Waals surface area contributed by atoms with E-state index in [1.165, 1.54) is 0 Å². The minimum absolute atomic E-state index is 0.0191. The second-order valence-corrected chi connectivity index (χ2v) is 9.16. The Labute approximate surface area is 166 Å². The van der Waals surface area contributed by atoms with Crippen molar-refractivity contribution in [1.82, 2.24) is 0 Å². The zero-order chi connectivity index (χ0) is 20.0. The second kappa shape index (κ2) is 8.99. The van der Waals surface area contributed by atoms with Gasteiger partial charge >= 0.3 is 0 Å². The van der Waals surface area contributed by atoms with Gasteiger partial charge in [0.05, 0.1) is 24.7 Å². The van der Waals surface area contributed by atoms with E-state index < -0.39 is 15.5 Å². The van der Waals surface area contributed by atoms with Crippen molar-refractivity contribution in [2.45, 2.75) is 44.1 Å². The van der Waals surface area contributed by atoms with Crippen molar-refractivity contribution in [3.63, 3.8) is 0 Å². The van der Waals surface area contributed by atoms with E-state index in [0.29, 0.717) is 38.9 Å². The number of ketones is 1. The molecule has 0 heterocycles. The van der Waals surface area contributed by atoms with Gasteiger partial charge in [0.15, 0.2) is 0 Å². The van der Waals surface area contributed by atoms with Gasteiger partial charge in [-0.1, -0.05) is 48.0 Å². The Morgan fingerprint density at radius 2 is 1.57 bits per heavy atom. The normalized spacial score (nSPS) is 16.8. The van der Waals surface area contributed by atoms with Crippen molar-refractivity contribution in [3.05, 3.63) is 65.7 Å². The molecular weight excluding hydrogens is 376 g/mol. The molecule has 2 aromatic rings. The molecule has 1 aliphatic carbocycles. The summed E-state index contributed by atoms with van der Waals surface area (Å²) in [6.45, 7) is 2.72. The van der Waals surface area contributed by atoms with Crippen LogP contribution in [0, 0.1) is 12.3 Å². The quantitative estimate of drug-likeness (QED) is 0.623. The van der Waals surface area contributed by atoms with Crippen molar-refractivity contribution in [2.24, 2.45) is 5.41 Å². The summed E-state index contributed by atoms with van der Waals surface area (Å²) < 4.78 is 36.4. The van der Waals surface area contributed by atoms with Gasteiger partial charge in [-0.05, 0) is 37.5 Å². The fourth-order valence-electron chi connectivity index (χ4n) is 3.32. The molecule has 0 spiro atoms. The van der Waals surface area contributed by atoms with E-state index in [1.54, 1.807) is 24.3 Å². The summed E-state index contributed by atoms with van der Waals surface area (Å²) in [6, 6.07) is 16.4. The van der Waals surface area contributed by atoms with Crippen LogP contribution in [0.25, 0.3) is 0 Å². The zero-order valence-corrected chi connectivity index (χ0v) is 16.9. The van der Waals surface area contributed by atoms with Crippen LogP contribution in [0.2, 0.25) is 0 Å². The number of carbonyl (C=O) groups is 1. The average molecular weight is 403 g/mol. The molecule has 0 atom stereocenters. The summed E-state index contributed by atoms with van der Waals surface area (Å²) in [7, 11) is -3.85. The third-order valence-corrected chi connectivity index (χ3v) is 6.50. The van der Waals surface area contributed by atoms with E-state index in [9.17, 15) is 13.2 Å². The standard InChI is InChI=1S/C22H26O5S/c1-18-7-9-21(10-8-18)28(24,25)27-17-22(13-11-20(23)12-14-22)16-26-15-19-5-3-2-4-6-19/h2-10H,11-17H2,1H3. The third-order valence-electron chi connectivity index (χ3n) is 5.22. The second-order valence-electron chi connectivity index (χ2n) is 7.55. The maximum Gasteiger partial charge on any atom is 0.296 e. The van der Waals surface area contributed by atoms with Crippen LogP contribution in [0.1, 0.15) is 36.8 Å². The molecule has 0 unspecified atom stereocenters. The topological polar surface area (TPSA) is 69.7 Å². The molecule has 1 saturated carbocycles. The molecule has 0 aliphatic heterocycles. The molecule has 1 fully saturated rings. The van der Waals surface area contributed by atoms with E-state index in [2.05, 4.69) is 0 Å². The molecule has 1 aliphatic rings. The fraction of sp³-hybridized carbons (Fsp3) is 0.409. The van der Waals surface area contributed by atoms with Gasteiger partial charge in [-0.2, -0.15) is 8.42 Å². The van der Waals surface area contributed by atoms with Crippen LogP contribution >= 0.6 is 0 Å². The molecule has 28 heavy (non-hydrogen) atoms. The lowest BCUT2D eigenvalue weighted by Gasteiger charge is -2.35. The smallest absolute Gasteiger partial charge is 0.296 e. The Balaban J connectivity index is 1.65. The highest BCUT2D eigenvalue weighted by atomic mass is 32.2. The summed E-state index contributed by atoms with van der Waals surface area (Å²) in [5.41, 5.74) is 1.56. The first-order valence-corrected chi connectivity index (χ1v) is 10.9. The molecule has 0 radical (unpaired) electrons. The first kappa shape index (κ1) is 20.7. The highest BCUT2D eigenvalue weighted by Gasteiger charge is 2.37. The Morgan fingerprint density at radius 1 is 0.929 bits per heavy atom. The summed E-state index contributed by atoms with van der Waals surface area (Å²) in [5.74, 6) is 0.208. The van der Waals surface area contributed by atoms with Crippen LogP contribution in [0.15, 0.2) is 59.5 Å². The van der Waals surface area contributed by atoms with Gasteiger partial charge in [0, 0.05) is 18.3 Å². The molecule has 0 bridgehead atoms. The lowest BCUT2D eigenvalue weighted by atomic mass is 9.75. The molecule has 150 valence electrons. The number of carbonyl (C=O) groups excluding carboxylic acids is 1. The van der Waals surface area contributed by atoms with Crippen LogP contribution < -0.4 is 0 Å². The molecule has 0 aromatic heterocycles. The third kappa shape index (κ3) is 5.50. The van der Waals surface area contributed by atoms with E-state index in [-0.39, 0.29) is 17.3 Å². The highest BCUT2D eigenvalue weighted by Crippen LogP contribution is 2.36. The molecular formula is C22H26O5S. The van der Waals surface area contributed by atoms with Crippen LogP contribution in [-0.2, 0) is 30.4 Å². The van der Waals surface area contributed by atoms with Crippen molar-refractivity contribution in [1.29, 1.82) is 0 Å².